The molecule has 1 aromatic carbocycles. The minimum atomic E-state index is -0.528. The highest BCUT2D eigenvalue weighted by Gasteiger charge is 2.17. The molecule has 1 N–H and O–H groups in total. The Bertz CT molecular complexity index is 582. The average Bonchev–Trinajstić information content (AvgIpc) is 2.82. The lowest BCUT2D eigenvalue weighted by molar-refractivity contribution is 0.567. The van der Waals surface area contributed by atoms with Crippen molar-refractivity contribution < 1.29 is 8.78 Å². The number of hydrogen-bond acceptors (Lipinski definition) is 3. The highest BCUT2D eigenvalue weighted by Crippen LogP contribution is 2.23. The molecule has 0 amide bonds. The van der Waals surface area contributed by atoms with Gasteiger partial charge in [-0.1, -0.05) is 20.8 Å². The molecule has 2 nitrogen and oxygen atoms in total. The van der Waals surface area contributed by atoms with E-state index in [0.717, 1.165) is 16.8 Å². The monoisotopic (exact) mass is 310 g/mol. The zero-order valence-electron chi connectivity index (χ0n) is 12.5. The topological polar surface area (TPSA) is 24.9 Å². The molecule has 0 atom stereocenters. The molecule has 21 heavy (non-hydrogen) atoms. The highest BCUT2D eigenvalue weighted by molar-refractivity contribution is 7.09. The van der Waals surface area contributed by atoms with Crippen LogP contribution < -0.4 is 5.32 Å². The fourth-order valence-electron chi connectivity index (χ4n) is 1.92. The third kappa shape index (κ3) is 4.86. The third-order valence-electron chi connectivity index (χ3n) is 3.11. The maximum absolute atomic E-state index is 13.0. The first-order valence-electron chi connectivity index (χ1n) is 6.95. The molecule has 0 radical (unpaired) electrons. The van der Waals surface area contributed by atoms with E-state index in [-0.39, 0.29) is 5.41 Å². The molecule has 0 saturated heterocycles. The van der Waals surface area contributed by atoms with Crippen LogP contribution in [0.2, 0.25) is 0 Å². The van der Waals surface area contributed by atoms with Crippen molar-refractivity contribution >= 4 is 11.3 Å². The summed E-state index contributed by atoms with van der Waals surface area (Å²) < 4.78 is 26.1. The Morgan fingerprint density at radius 2 is 1.81 bits per heavy atom. The summed E-state index contributed by atoms with van der Waals surface area (Å²) in [4.78, 5) is 4.59. The minimum absolute atomic E-state index is 0.0633. The maximum atomic E-state index is 13.0. The molecule has 2 aromatic rings. The number of aromatic nitrogens is 1. The van der Waals surface area contributed by atoms with Gasteiger partial charge in [-0.05, 0) is 30.7 Å². The molecule has 0 saturated carbocycles. The molecular formula is C16H20F2N2S. The molecule has 0 spiro atoms. The summed E-state index contributed by atoms with van der Waals surface area (Å²) >= 11 is 1.63. The van der Waals surface area contributed by atoms with Crippen LogP contribution in [0, 0.1) is 11.6 Å². The maximum Gasteiger partial charge on any atom is 0.126 e. The van der Waals surface area contributed by atoms with Crippen LogP contribution in [0.3, 0.4) is 0 Å². The minimum Gasteiger partial charge on any atom is -0.310 e. The van der Waals surface area contributed by atoms with Crippen molar-refractivity contribution in [3.05, 3.63) is 51.5 Å². The molecule has 0 aliphatic rings. The van der Waals surface area contributed by atoms with E-state index < -0.39 is 11.6 Å². The Morgan fingerprint density at radius 3 is 2.38 bits per heavy atom. The van der Waals surface area contributed by atoms with E-state index in [4.69, 9.17) is 0 Å². The van der Waals surface area contributed by atoms with E-state index in [1.807, 2.05) is 0 Å². The molecule has 1 aromatic heterocycles. The van der Waals surface area contributed by atoms with Crippen LogP contribution in [0.15, 0.2) is 23.6 Å². The lowest BCUT2D eigenvalue weighted by atomic mass is 9.93. The Balaban J connectivity index is 1.81. The normalized spacial score (nSPS) is 11.9. The fraction of sp³-hybridized carbons (Fsp3) is 0.438. The molecule has 0 unspecified atom stereocenters. The molecule has 5 heteroatoms. The molecule has 114 valence electrons. The molecule has 0 bridgehead atoms. The quantitative estimate of drug-likeness (QED) is 0.843. The predicted molar refractivity (Wildman–Crippen MR) is 82.6 cm³/mol. The van der Waals surface area contributed by atoms with E-state index in [1.165, 1.54) is 12.1 Å². The van der Waals surface area contributed by atoms with E-state index >= 15 is 0 Å². The van der Waals surface area contributed by atoms with Gasteiger partial charge in [-0.15, -0.1) is 11.3 Å². The molecule has 2 rings (SSSR count). The zero-order chi connectivity index (χ0) is 15.5. The first kappa shape index (κ1) is 16.0. The Hall–Kier alpha value is -1.33. The zero-order valence-corrected chi connectivity index (χ0v) is 13.4. The Labute approximate surface area is 128 Å². The Morgan fingerprint density at radius 1 is 1.14 bits per heavy atom. The van der Waals surface area contributed by atoms with Gasteiger partial charge in [0.25, 0.3) is 0 Å². The van der Waals surface area contributed by atoms with Crippen LogP contribution in [-0.4, -0.2) is 11.5 Å². The van der Waals surface area contributed by atoms with Gasteiger partial charge in [-0.2, -0.15) is 0 Å². The van der Waals surface area contributed by atoms with Crippen molar-refractivity contribution in [2.75, 3.05) is 6.54 Å². The van der Waals surface area contributed by atoms with Crippen LogP contribution in [0.1, 0.15) is 37.0 Å². The Kier molecular flexibility index (Phi) is 5.06. The van der Waals surface area contributed by atoms with Gasteiger partial charge in [0.1, 0.15) is 16.6 Å². The smallest absolute Gasteiger partial charge is 0.126 e. The van der Waals surface area contributed by atoms with E-state index in [0.29, 0.717) is 25.1 Å². The standard InChI is InChI=1S/C16H20F2N2S/c1-16(2,3)14-10-21-15(20-14)9-19-5-4-11-6-12(17)8-13(18)7-11/h6-8,10,19H,4-5,9H2,1-3H3. The van der Waals surface area contributed by atoms with Crippen molar-refractivity contribution in [3.63, 3.8) is 0 Å². The molecule has 1 heterocycles. The number of nitrogens with one attached hydrogen (secondary N) is 1. The van der Waals surface area contributed by atoms with Gasteiger partial charge in [-0.3, -0.25) is 0 Å². The van der Waals surface area contributed by atoms with E-state index in [1.54, 1.807) is 11.3 Å². The van der Waals surface area contributed by atoms with Crippen LogP contribution in [0.5, 0.6) is 0 Å². The van der Waals surface area contributed by atoms with E-state index in [2.05, 4.69) is 36.5 Å². The summed E-state index contributed by atoms with van der Waals surface area (Å²) in [6, 6.07) is 3.62. The van der Waals surface area contributed by atoms with Gasteiger partial charge >= 0.3 is 0 Å². The number of nitrogens with zero attached hydrogens (tertiary/aromatic N) is 1. The van der Waals surface area contributed by atoms with Crippen molar-refractivity contribution in [2.45, 2.75) is 39.2 Å². The van der Waals surface area contributed by atoms with Crippen molar-refractivity contribution in [1.82, 2.24) is 10.3 Å². The second kappa shape index (κ2) is 6.62. The van der Waals surface area contributed by atoms with Crippen molar-refractivity contribution in [2.24, 2.45) is 0 Å². The van der Waals surface area contributed by atoms with Gasteiger partial charge < -0.3 is 5.32 Å². The summed E-state index contributed by atoms with van der Waals surface area (Å²) in [5.41, 5.74) is 1.82. The van der Waals surface area contributed by atoms with Crippen LogP contribution in [0.4, 0.5) is 8.78 Å². The molecule has 0 fully saturated rings. The van der Waals surface area contributed by atoms with Crippen LogP contribution in [0.25, 0.3) is 0 Å². The van der Waals surface area contributed by atoms with E-state index in [9.17, 15) is 8.78 Å². The van der Waals surface area contributed by atoms with Crippen LogP contribution in [-0.2, 0) is 18.4 Å². The number of halogens is 2. The van der Waals surface area contributed by atoms with Gasteiger partial charge in [0.05, 0.1) is 5.69 Å². The summed E-state index contributed by atoms with van der Waals surface area (Å²) in [6.45, 7) is 7.75. The second-order valence-electron chi connectivity index (χ2n) is 6.08. The van der Waals surface area contributed by atoms with Crippen molar-refractivity contribution in [1.29, 1.82) is 0 Å². The first-order valence-corrected chi connectivity index (χ1v) is 7.83. The van der Waals surface area contributed by atoms with Gasteiger partial charge in [0, 0.05) is 23.4 Å². The summed E-state index contributed by atoms with van der Waals surface area (Å²) in [6.07, 6.45) is 0.589. The average molecular weight is 310 g/mol. The molecular weight excluding hydrogens is 290 g/mol. The summed E-state index contributed by atoms with van der Waals surface area (Å²) in [5, 5.41) is 6.37. The van der Waals surface area contributed by atoms with Gasteiger partial charge in [-0.25, -0.2) is 13.8 Å². The third-order valence-corrected chi connectivity index (χ3v) is 3.96. The molecule has 0 aliphatic heterocycles. The fourth-order valence-corrected chi connectivity index (χ4v) is 2.91. The van der Waals surface area contributed by atoms with Crippen LogP contribution >= 0.6 is 11.3 Å². The first-order chi connectivity index (χ1) is 9.84. The second-order valence-corrected chi connectivity index (χ2v) is 7.02. The predicted octanol–water partition coefficient (Wildman–Crippen LogP) is 4.05. The van der Waals surface area contributed by atoms with Gasteiger partial charge in [0.15, 0.2) is 0 Å². The van der Waals surface area contributed by atoms with Crippen molar-refractivity contribution in [3.8, 4) is 0 Å². The molecule has 0 aliphatic carbocycles. The summed E-state index contributed by atoms with van der Waals surface area (Å²) in [7, 11) is 0. The number of hydrogen-bond donors (Lipinski definition) is 1. The SMILES string of the molecule is CC(C)(C)c1csc(CNCCc2cc(F)cc(F)c2)n1. The van der Waals surface area contributed by atoms with Gasteiger partial charge in [0.2, 0.25) is 0 Å². The lowest BCUT2D eigenvalue weighted by Gasteiger charge is -2.14. The summed E-state index contributed by atoms with van der Waals surface area (Å²) in [5.74, 6) is -1.06. The lowest BCUT2D eigenvalue weighted by Crippen LogP contribution is -2.17. The number of rotatable bonds is 5. The largest absolute Gasteiger partial charge is 0.310 e. The highest BCUT2D eigenvalue weighted by atomic mass is 32.1. The number of thiazole rings is 1. The number of benzene rings is 1.